The standard InChI is InChI=1S/C14H25N3S/c1-5-12-7-17(14(4,6-2)10-15-12)8-13-9-18-11(3)16-13/h9,12,15H,5-8,10H2,1-4H3. The summed E-state index contributed by atoms with van der Waals surface area (Å²) in [5.74, 6) is 0. The third kappa shape index (κ3) is 2.92. The topological polar surface area (TPSA) is 28.2 Å². The molecular formula is C14H25N3S. The van der Waals surface area contributed by atoms with Crippen molar-refractivity contribution in [2.45, 2.75) is 58.7 Å². The minimum absolute atomic E-state index is 0.267. The molecule has 0 aromatic carbocycles. The maximum absolute atomic E-state index is 4.61. The summed E-state index contributed by atoms with van der Waals surface area (Å²) in [6.07, 6.45) is 2.38. The van der Waals surface area contributed by atoms with E-state index in [1.165, 1.54) is 23.5 Å². The molecule has 1 aromatic heterocycles. The molecule has 1 aliphatic heterocycles. The molecule has 0 bridgehead atoms. The Hall–Kier alpha value is -0.450. The third-order valence-corrected chi connectivity index (χ3v) is 5.07. The first kappa shape index (κ1) is 14.0. The van der Waals surface area contributed by atoms with Gasteiger partial charge in [-0.2, -0.15) is 0 Å². The fourth-order valence-corrected chi connectivity index (χ4v) is 3.18. The molecule has 0 radical (unpaired) electrons. The number of nitrogens with zero attached hydrogens (tertiary/aromatic N) is 2. The van der Waals surface area contributed by atoms with Crippen LogP contribution < -0.4 is 5.32 Å². The number of hydrogen-bond acceptors (Lipinski definition) is 4. The second-order valence-electron chi connectivity index (χ2n) is 5.57. The summed E-state index contributed by atoms with van der Waals surface area (Å²) >= 11 is 1.75. The van der Waals surface area contributed by atoms with Gasteiger partial charge in [-0.1, -0.05) is 13.8 Å². The summed E-state index contributed by atoms with van der Waals surface area (Å²) in [4.78, 5) is 7.23. The molecule has 1 saturated heterocycles. The van der Waals surface area contributed by atoms with Gasteiger partial charge in [-0.25, -0.2) is 4.98 Å². The summed E-state index contributed by atoms with van der Waals surface area (Å²) in [5.41, 5.74) is 1.50. The van der Waals surface area contributed by atoms with Crippen molar-refractivity contribution in [2.75, 3.05) is 13.1 Å². The smallest absolute Gasteiger partial charge is 0.0897 e. The van der Waals surface area contributed by atoms with Crippen LogP contribution in [0.1, 0.15) is 44.3 Å². The molecule has 1 fully saturated rings. The van der Waals surface area contributed by atoms with E-state index in [9.17, 15) is 0 Å². The van der Waals surface area contributed by atoms with Gasteiger partial charge in [-0.3, -0.25) is 4.90 Å². The Bertz CT molecular complexity index is 390. The van der Waals surface area contributed by atoms with Crippen LogP contribution in [0.2, 0.25) is 0 Å². The van der Waals surface area contributed by atoms with Gasteiger partial charge < -0.3 is 5.32 Å². The molecule has 102 valence electrons. The van der Waals surface area contributed by atoms with Crippen LogP contribution in [0.25, 0.3) is 0 Å². The van der Waals surface area contributed by atoms with E-state index in [0.717, 1.165) is 19.6 Å². The molecule has 2 unspecified atom stereocenters. The number of thiazole rings is 1. The van der Waals surface area contributed by atoms with E-state index in [4.69, 9.17) is 0 Å². The quantitative estimate of drug-likeness (QED) is 0.909. The van der Waals surface area contributed by atoms with Crippen molar-refractivity contribution in [3.8, 4) is 0 Å². The molecule has 3 nitrogen and oxygen atoms in total. The molecule has 0 saturated carbocycles. The first-order valence-electron chi connectivity index (χ1n) is 6.97. The minimum atomic E-state index is 0.267. The highest BCUT2D eigenvalue weighted by atomic mass is 32.1. The number of aromatic nitrogens is 1. The van der Waals surface area contributed by atoms with Gasteiger partial charge >= 0.3 is 0 Å². The molecular weight excluding hydrogens is 242 g/mol. The largest absolute Gasteiger partial charge is 0.311 e. The summed E-state index contributed by atoms with van der Waals surface area (Å²) in [5, 5.41) is 7.05. The van der Waals surface area contributed by atoms with E-state index in [1.807, 2.05) is 0 Å². The van der Waals surface area contributed by atoms with Crippen molar-refractivity contribution in [3.63, 3.8) is 0 Å². The van der Waals surface area contributed by atoms with Gasteiger partial charge in [0.15, 0.2) is 0 Å². The Balaban J connectivity index is 2.10. The summed E-state index contributed by atoms with van der Waals surface area (Å²) in [6, 6.07) is 0.629. The van der Waals surface area contributed by atoms with E-state index in [-0.39, 0.29) is 5.54 Å². The second kappa shape index (κ2) is 5.68. The van der Waals surface area contributed by atoms with Crippen LogP contribution in [-0.2, 0) is 6.54 Å². The average molecular weight is 267 g/mol. The second-order valence-corrected chi connectivity index (χ2v) is 6.64. The molecule has 1 N–H and O–H groups in total. The summed E-state index contributed by atoms with van der Waals surface area (Å²) in [6.45, 7) is 12.2. The van der Waals surface area contributed by atoms with Crippen LogP contribution in [0.15, 0.2) is 5.38 Å². The Kier molecular flexibility index (Phi) is 4.41. The van der Waals surface area contributed by atoms with Gasteiger partial charge in [-0.05, 0) is 26.7 Å². The van der Waals surface area contributed by atoms with E-state index >= 15 is 0 Å². The predicted molar refractivity (Wildman–Crippen MR) is 78.0 cm³/mol. The molecule has 2 atom stereocenters. The van der Waals surface area contributed by atoms with Crippen molar-refractivity contribution in [1.29, 1.82) is 0 Å². The van der Waals surface area contributed by atoms with Crippen LogP contribution in [0.4, 0.5) is 0 Å². The van der Waals surface area contributed by atoms with Crippen molar-refractivity contribution in [1.82, 2.24) is 15.2 Å². The van der Waals surface area contributed by atoms with Gasteiger partial charge in [0.25, 0.3) is 0 Å². The SMILES string of the molecule is CCC1CN(Cc2csc(C)n2)C(C)(CC)CN1. The van der Waals surface area contributed by atoms with Gasteiger partial charge in [0.1, 0.15) is 0 Å². The maximum Gasteiger partial charge on any atom is 0.0897 e. The molecule has 1 aliphatic rings. The van der Waals surface area contributed by atoms with E-state index in [1.54, 1.807) is 11.3 Å². The molecule has 1 aromatic rings. The number of hydrogen-bond donors (Lipinski definition) is 1. The Morgan fingerprint density at radius 3 is 2.89 bits per heavy atom. The highest BCUT2D eigenvalue weighted by molar-refractivity contribution is 7.09. The molecule has 2 heterocycles. The molecule has 18 heavy (non-hydrogen) atoms. The van der Waals surface area contributed by atoms with Crippen LogP contribution in [-0.4, -0.2) is 34.6 Å². The first-order chi connectivity index (χ1) is 8.57. The zero-order chi connectivity index (χ0) is 13.2. The summed E-state index contributed by atoms with van der Waals surface area (Å²) in [7, 11) is 0. The van der Waals surface area contributed by atoms with E-state index in [2.05, 4.69) is 48.3 Å². The lowest BCUT2D eigenvalue weighted by Gasteiger charge is -2.47. The van der Waals surface area contributed by atoms with Gasteiger partial charge in [0.05, 0.1) is 10.7 Å². The number of aryl methyl sites for hydroxylation is 1. The molecule has 0 amide bonds. The Morgan fingerprint density at radius 2 is 2.33 bits per heavy atom. The van der Waals surface area contributed by atoms with Gasteiger partial charge in [0, 0.05) is 36.6 Å². The maximum atomic E-state index is 4.61. The molecule has 2 rings (SSSR count). The first-order valence-corrected chi connectivity index (χ1v) is 7.85. The van der Waals surface area contributed by atoms with Crippen molar-refractivity contribution < 1.29 is 0 Å². The van der Waals surface area contributed by atoms with Crippen LogP contribution in [0.3, 0.4) is 0 Å². The summed E-state index contributed by atoms with van der Waals surface area (Å²) < 4.78 is 0. The van der Waals surface area contributed by atoms with Gasteiger partial charge in [-0.15, -0.1) is 11.3 Å². The molecule has 0 spiro atoms. The Labute approximate surface area is 115 Å². The molecule has 4 heteroatoms. The van der Waals surface area contributed by atoms with Crippen molar-refractivity contribution >= 4 is 11.3 Å². The lowest BCUT2D eigenvalue weighted by atomic mass is 9.91. The fourth-order valence-electron chi connectivity index (χ4n) is 2.58. The van der Waals surface area contributed by atoms with Crippen molar-refractivity contribution in [3.05, 3.63) is 16.1 Å². The lowest BCUT2D eigenvalue weighted by Crippen LogP contribution is -2.62. The van der Waals surface area contributed by atoms with E-state index in [0.29, 0.717) is 6.04 Å². The molecule has 0 aliphatic carbocycles. The zero-order valence-corrected chi connectivity index (χ0v) is 12.8. The monoisotopic (exact) mass is 267 g/mol. The predicted octanol–water partition coefficient (Wildman–Crippen LogP) is 2.80. The van der Waals surface area contributed by atoms with Crippen LogP contribution in [0.5, 0.6) is 0 Å². The van der Waals surface area contributed by atoms with Crippen molar-refractivity contribution in [2.24, 2.45) is 0 Å². The third-order valence-electron chi connectivity index (χ3n) is 4.25. The minimum Gasteiger partial charge on any atom is -0.311 e. The Morgan fingerprint density at radius 1 is 1.56 bits per heavy atom. The average Bonchev–Trinajstić information content (AvgIpc) is 2.78. The van der Waals surface area contributed by atoms with Crippen LogP contribution >= 0.6 is 11.3 Å². The highest BCUT2D eigenvalue weighted by Crippen LogP contribution is 2.26. The number of rotatable bonds is 4. The van der Waals surface area contributed by atoms with E-state index < -0.39 is 0 Å². The number of piperazine rings is 1. The normalized spacial score (nSPS) is 29.7. The van der Waals surface area contributed by atoms with Crippen LogP contribution in [0, 0.1) is 6.92 Å². The number of nitrogens with one attached hydrogen (secondary N) is 1. The van der Waals surface area contributed by atoms with Gasteiger partial charge in [0.2, 0.25) is 0 Å². The zero-order valence-electron chi connectivity index (χ0n) is 12.0. The fraction of sp³-hybridized carbons (Fsp3) is 0.786. The lowest BCUT2D eigenvalue weighted by molar-refractivity contribution is 0.0399. The highest BCUT2D eigenvalue weighted by Gasteiger charge is 2.35.